The van der Waals surface area contributed by atoms with Gasteiger partial charge < -0.3 is 16.4 Å². The zero-order chi connectivity index (χ0) is 16.4. The molecule has 3 amide bonds. The van der Waals surface area contributed by atoms with E-state index in [1.807, 2.05) is 20.8 Å². The van der Waals surface area contributed by atoms with Crippen LogP contribution in [0.4, 0.5) is 11.4 Å². The SMILES string of the molecule is CC(=O)Nc1ccc(C(N)=O)c(C(C)(C)C)c1NC(C)=O. The van der Waals surface area contributed by atoms with Gasteiger partial charge in [-0.05, 0) is 23.1 Å². The number of hydrogen-bond donors (Lipinski definition) is 3. The molecule has 1 aromatic rings. The molecular formula is C15H21N3O3. The molecule has 0 fully saturated rings. The van der Waals surface area contributed by atoms with Crippen LogP contribution < -0.4 is 16.4 Å². The predicted octanol–water partition coefficient (Wildman–Crippen LogP) is 2.00. The van der Waals surface area contributed by atoms with E-state index in [0.717, 1.165) is 0 Å². The zero-order valence-electron chi connectivity index (χ0n) is 13.0. The molecule has 0 bridgehead atoms. The van der Waals surface area contributed by atoms with Crippen molar-refractivity contribution in [3.63, 3.8) is 0 Å². The van der Waals surface area contributed by atoms with Crippen LogP contribution >= 0.6 is 0 Å². The van der Waals surface area contributed by atoms with Gasteiger partial charge in [0.2, 0.25) is 17.7 Å². The van der Waals surface area contributed by atoms with E-state index in [4.69, 9.17) is 5.73 Å². The first-order valence-electron chi connectivity index (χ1n) is 6.56. The maximum Gasteiger partial charge on any atom is 0.249 e. The van der Waals surface area contributed by atoms with Gasteiger partial charge in [-0.2, -0.15) is 0 Å². The fourth-order valence-corrected chi connectivity index (χ4v) is 2.19. The summed E-state index contributed by atoms with van der Waals surface area (Å²) in [4.78, 5) is 34.4. The second-order valence-corrected chi connectivity index (χ2v) is 5.89. The van der Waals surface area contributed by atoms with E-state index in [9.17, 15) is 14.4 Å². The van der Waals surface area contributed by atoms with Crippen molar-refractivity contribution in [3.8, 4) is 0 Å². The lowest BCUT2D eigenvalue weighted by Crippen LogP contribution is -2.25. The summed E-state index contributed by atoms with van der Waals surface area (Å²) < 4.78 is 0. The minimum absolute atomic E-state index is 0.270. The third kappa shape index (κ3) is 4.05. The largest absolute Gasteiger partial charge is 0.366 e. The molecule has 6 nitrogen and oxygen atoms in total. The first-order valence-corrected chi connectivity index (χ1v) is 6.56. The molecule has 0 saturated carbocycles. The second-order valence-electron chi connectivity index (χ2n) is 5.89. The summed E-state index contributed by atoms with van der Waals surface area (Å²) in [5, 5.41) is 5.34. The number of primary amides is 1. The fourth-order valence-electron chi connectivity index (χ4n) is 2.19. The number of nitrogens with two attached hydrogens (primary N) is 1. The van der Waals surface area contributed by atoms with Crippen LogP contribution in [0, 0.1) is 0 Å². The molecule has 0 aliphatic heterocycles. The zero-order valence-corrected chi connectivity index (χ0v) is 13.0. The summed E-state index contributed by atoms with van der Waals surface area (Å²) in [5.41, 5.74) is 6.73. The number of carbonyl (C=O) groups excluding carboxylic acids is 3. The monoisotopic (exact) mass is 291 g/mol. The molecule has 1 aromatic carbocycles. The Labute approximate surface area is 124 Å². The normalized spacial score (nSPS) is 10.9. The molecule has 0 atom stereocenters. The highest BCUT2D eigenvalue weighted by Crippen LogP contribution is 2.38. The number of amides is 3. The molecule has 0 heterocycles. The third-order valence-electron chi connectivity index (χ3n) is 2.83. The average Bonchev–Trinajstić information content (AvgIpc) is 2.27. The molecule has 6 heteroatoms. The molecule has 0 radical (unpaired) electrons. The van der Waals surface area contributed by atoms with Crippen LogP contribution in [0.1, 0.15) is 50.5 Å². The highest BCUT2D eigenvalue weighted by Gasteiger charge is 2.27. The first kappa shape index (κ1) is 16.7. The van der Waals surface area contributed by atoms with E-state index < -0.39 is 11.3 Å². The van der Waals surface area contributed by atoms with Crippen molar-refractivity contribution in [1.29, 1.82) is 0 Å². The Hall–Kier alpha value is -2.37. The van der Waals surface area contributed by atoms with E-state index in [-0.39, 0.29) is 11.8 Å². The van der Waals surface area contributed by atoms with Crippen LogP contribution in [0.2, 0.25) is 0 Å². The highest BCUT2D eigenvalue weighted by molar-refractivity contribution is 6.04. The lowest BCUT2D eigenvalue weighted by atomic mass is 9.81. The minimum Gasteiger partial charge on any atom is -0.366 e. The van der Waals surface area contributed by atoms with Gasteiger partial charge in [0.25, 0.3) is 0 Å². The Morgan fingerprint density at radius 2 is 1.52 bits per heavy atom. The van der Waals surface area contributed by atoms with Crippen molar-refractivity contribution in [2.24, 2.45) is 5.73 Å². The maximum absolute atomic E-state index is 11.7. The molecule has 1 rings (SSSR count). The lowest BCUT2D eigenvalue weighted by Gasteiger charge is -2.27. The van der Waals surface area contributed by atoms with Crippen LogP contribution in [0.25, 0.3) is 0 Å². The van der Waals surface area contributed by atoms with Crippen molar-refractivity contribution in [2.45, 2.75) is 40.0 Å². The maximum atomic E-state index is 11.7. The number of carbonyl (C=O) groups is 3. The van der Waals surface area contributed by atoms with Crippen molar-refractivity contribution in [2.75, 3.05) is 10.6 Å². The first-order chi connectivity index (χ1) is 9.54. The summed E-state index contributed by atoms with van der Waals surface area (Å²) in [6, 6.07) is 3.11. The summed E-state index contributed by atoms with van der Waals surface area (Å²) in [7, 11) is 0. The smallest absolute Gasteiger partial charge is 0.249 e. The molecule has 114 valence electrons. The molecule has 0 aliphatic carbocycles. The number of hydrogen-bond acceptors (Lipinski definition) is 3. The standard InChI is InChI=1S/C15H21N3O3/c1-8(19)17-11-7-6-10(14(16)21)12(15(3,4)5)13(11)18-9(2)20/h6-7H,1-5H3,(H2,16,21)(H,17,19)(H,18,20). The van der Waals surface area contributed by atoms with Crippen LogP contribution in [0.5, 0.6) is 0 Å². The van der Waals surface area contributed by atoms with E-state index in [2.05, 4.69) is 10.6 Å². The summed E-state index contributed by atoms with van der Waals surface area (Å²) >= 11 is 0. The van der Waals surface area contributed by atoms with E-state index in [0.29, 0.717) is 22.5 Å². The van der Waals surface area contributed by atoms with E-state index in [1.54, 1.807) is 12.1 Å². The van der Waals surface area contributed by atoms with E-state index >= 15 is 0 Å². The van der Waals surface area contributed by atoms with Gasteiger partial charge in [-0.15, -0.1) is 0 Å². The van der Waals surface area contributed by atoms with Crippen LogP contribution in [-0.2, 0) is 15.0 Å². The van der Waals surface area contributed by atoms with Gasteiger partial charge >= 0.3 is 0 Å². The molecule has 0 unspecified atom stereocenters. The fraction of sp³-hybridized carbons (Fsp3) is 0.400. The minimum atomic E-state index is -0.582. The molecule has 0 aliphatic rings. The van der Waals surface area contributed by atoms with Crippen molar-refractivity contribution in [3.05, 3.63) is 23.3 Å². The van der Waals surface area contributed by atoms with Crippen molar-refractivity contribution < 1.29 is 14.4 Å². The average molecular weight is 291 g/mol. The van der Waals surface area contributed by atoms with Crippen LogP contribution in [-0.4, -0.2) is 17.7 Å². The van der Waals surface area contributed by atoms with Crippen molar-refractivity contribution >= 4 is 29.1 Å². The van der Waals surface area contributed by atoms with Gasteiger partial charge in [0.15, 0.2) is 0 Å². The van der Waals surface area contributed by atoms with Gasteiger partial charge in [0.05, 0.1) is 11.4 Å². The molecule has 0 aromatic heterocycles. The van der Waals surface area contributed by atoms with Crippen LogP contribution in [0.15, 0.2) is 12.1 Å². The molecule has 0 saturated heterocycles. The molecule has 21 heavy (non-hydrogen) atoms. The third-order valence-corrected chi connectivity index (χ3v) is 2.83. The Morgan fingerprint density at radius 3 is 1.90 bits per heavy atom. The highest BCUT2D eigenvalue weighted by atomic mass is 16.2. The molecule has 0 spiro atoms. The molecular weight excluding hydrogens is 270 g/mol. The van der Waals surface area contributed by atoms with Gasteiger partial charge in [-0.25, -0.2) is 0 Å². The van der Waals surface area contributed by atoms with Crippen molar-refractivity contribution in [1.82, 2.24) is 0 Å². The number of benzene rings is 1. The van der Waals surface area contributed by atoms with E-state index in [1.165, 1.54) is 13.8 Å². The Kier molecular flexibility index (Phi) is 4.73. The number of rotatable bonds is 3. The van der Waals surface area contributed by atoms with Gasteiger partial charge in [-0.3, -0.25) is 14.4 Å². The quantitative estimate of drug-likeness (QED) is 0.793. The molecule has 4 N–H and O–H groups in total. The lowest BCUT2D eigenvalue weighted by molar-refractivity contribution is -0.115. The summed E-state index contributed by atoms with van der Waals surface area (Å²) in [6.45, 7) is 8.43. The Morgan fingerprint density at radius 1 is 1.00 bits per heavy atom. The summed E-state index contributed by atoms with van der Waals surface area (Å²) in [5.74, 6) is -1.15. The summed E-state index contributed by atoms with van der Waals surface area (Å²) in [6.07, 6.45) is 0. The van der Waals surface area contributed by atoms with Gasteiger partial charge in [0, 0.05) is 19.4 Å². The topological polar surface area (TPSA) is 101 Å². The van der Waals surface area contributed by atoms with Crippen LogP contribution in [0.3, 0.4) is 0 Å². The number of anilines is 2. The van der Waals surface area contributed by atoms with Gasteiger partial charge in [-0.1, -0.05) is 20.8 Å². The Balaban J connectivity index is 3.68. The Bertz CT molecular complexity index is 601. The second kappa shape index (κ2) is 5.95. The predicted molar refractivity (Wildman–Crippen MR) is 82.3 cm³/mol. The number of nitrogens with one attached hydrogen (secondary N) is 2. The van der Waals surface area contributed by atoms with Gasteiger partial charge in [0.1, 0.15) is 0 Å².